The minimum Gasteiger partial charge on any atom is -0.395 e. The first-order valence-electron chi connectivity index (χ1n) is 12.6. The smallest absolute Gasteiger partial charge is 0.273 e. The summed E-state index contributed by atoms with van der Waals surface area (Å²) in [5, 5.41) is 2.99. The van der Waals surface area contributed by atoms with Gasteiger partial charge < -0.3 is 21.7 Å². The first kappa shape index (κ1) is 28.3. The van der Waals surface area contributed by atoms with Gasteiger partial charge in [0.25, 0.3) is 11.8 Å². The fourth-order valence-corrected chi connectivity index (χ4v) is 4.99. The van der Waals surface area contributed by atoms with Crippen molar-refractivity contribution in [2.45, 2.75) is 26.4 Å². The van der Waals surface area contributed by atoms with E-state index in [1.807, 2.05) is 99.6 Å². The highest BCUT2D eigenvalue weighted by Gasteiger charge is 2.36. The molecule has 1 atom stereocenters. The third kappa shape index (κ3) is 5.97. The Kier molecular flexibility index (Phi) is 8.49. The molecule has 9 nitrogen and oxygen atoms in total. The van der Waals surface area contributed by atoms with Crippen LogP contribution in [-0.4, -0.2) is 36.2 Å². The van der Waals surface area contributed by atoms with Crippen LogP contribution in [0.25, 0.3) is 0 Å². The summed E-state index contributed by atoms with van der Waals surface area (Å²) in [6.45, 7) is 4.18. The lowest BCUT2D eigenvalue weighted by Crippen LogP contribution is -2.44. The summed E-state index contributed by atoms with van der Waals surface area (Å²) in [5.74, 6) is -1.78. The van der Waals surface area contributed by atoms with Crippen LogP contribution in [-0.2, 0) is 11.3 Å². The van der Waals surface area contributed by atoms with Crippen molar-refractivity contribution in [3.63, 3.8) is 0 Å². The summed E-state index contributed by atoms with van der Waals surface area (Å²) in [4.78, 5) is 43.5. The van der Waals surface area contributed by atoms with E-state index in [1.54, 1.807) is 6.07 Å². The molecule has 0 spiro atoms. The van der Waals surface area contributed by atoms with Crippen LogP contribution >= 0.6 is 11.5 Å². The van der Waals surface area contributed by atoms with Gasteiger partial charge in [0, 0.05) is 32.0 Å². The van der Waals surface area contributed by atoms with Gasteiger partial charge in [-0.2, -0.15) is 4.37 Å². The Labute approximate surface area is 237 Å². The van der Waals surface area contributed by atoms with Gasteiger partial charge in [-0.05, 0) is 71.9 Å². The average Bonchev–Trinajstić information content (AvgIpc) is 3.33. The van der Waals surface area contributed by atoms with Gasteiger partial charge in [-0.25, -0.2) is 0 Å². The number of hydrogen-bond acceptors (Lipinski definition) is 7. The number of carbonyl (C=O) groups excluding carboxylic acids is 3. The fourth-order valence-electron chi connectivity index (χ4n) is 4.25. The van der Waals surface area contributed by atoms with E-state index >= 15 is 0 Å². The van der Waals surface area contributed by atoms with Crippen molar-refractivity contribution in [3.8, 4) is 0 Å². The molecule has 0 unspecified atom stereocenters. The molecule has 40 heavy (non-hydrogen) atoms. The van der Waals surface area contributed by atoms with Gasteiger partial charge in [0.2, 0.25) is 5.91 Å². The predicted octanol–water partition coefficient (Wildman–Crippen LogP) is 4.21. The SMILES string of the molecule is Cc1ccc(N(C(=O)c2snc(C(N)=O)c2N)[C@@H](C(=O)NCc2ccccc2)c2ccc(N(C)C)cc2)cc1C. The molecule has 4 aromatic rings. The number of nitrogens with one attached hydrogen (secondary N) is 1. The molecule has 0 bridgehead atoms. The molecule has 0 saturated heterocycles. The molecular weight excluding hydrogens is 524 g/mol. The Morgan fingerprint density at radius 2 is 1.57 bits per heavy atom. The van der Waals surface area contributed by atoms with Gasteiger partial charge in [-0.15, -0.1) is 0 Å². The van der Waals surface area contributed by atoms with Gasteiger partial charge in [0.1, 0.15) is 10.9 Å². The normalized spacial score (nSPS) is 11.5. The van der Waals surface area contributed by atoms with Crippen LogP contribution in [0.4, 0.5) is 17.1 Å². The van der Waals surface area contributed by atoms with Crippen LogP contribution in [0.3, 0.4) is 0 Å². The van der Waals surface area contributed by atoms with Crippen molar-refractivity contribution in [2.75, 3.05) is 29.6 Å². The molecule has 10 heteroatoms. The van der Waals surface area contributed by atoms with Gasteiger partial charge in [0.15, 0.2) is 5.69 Å². The topological polar surface area (TPSA) is 135 Å². The first-order chi connectivity index (χ1) is 19.1. The Bertz CT molecular complexity index is 1530. The molecule has 1 aromatic heterocycles. The number of hydrogen-bond donors (Lipinski definition) is 3. The highest BCUT2D eigenvalue weighted by Crippen LogP contribution is 2.34. The molecule has 5 N–H and O–H groups in total. The van der Waals surface area contributed by atoms with Gasteiger partial charge in [0.05, 0.1) is 5.69 Å². The summed E-state index contributed by atoms with van der Waals surface area (Å²) in [7, 11) is 3.85. The molecule has 0 aliphatic carbocycles. The van der Waals surface area contributed by atoms with E-state index in [-0.39, 0.29) is 28.7 Å². The first-order valence-corrected chi connectivity index (χ1v) is 13.4. The molecule has 0 aliphatic rings. The lowest BCUT2D eigenvalue weighted by atomic mass is 10.0. The number of rotatable bonds is 9. The van der Waals surface area contributed by atoms with Crippen molar-refractivity contribution in [1.82, 2.24) is 9.69 Å². The molecule has 3 aromatic carbocycles. The monoisotopic (exact) mass is 556 g/mol. The van der Waals surface area contributed by atoms with Crippen molar-refractivity contribution < 1.29 is 14.4 Å². The number of benzene rings is 3. The summed E-state index contributed by atoms with van der Waals surface area (Å²) < 4.78 is 4.02. The Hall–Kier alpha value is -4.70. The lowest BCUT2D eigenvalue weighted by molar-refractivity contribution is -0.122. The van der Waals surface area contributed by atoms with Crippen LogP contribution in [0.2, 0.25) is 0 Å². The standard InChI is InChI=1S/C30H32N6O3S/c1-18-10-13-23(16-19(18)2)36(30(39)27-24(31)25(28(32)37)34-40-27)26(21-11-14-22(15-12-21)35(3)4)29(38)33-17-20-8-6-5-7-9-20/h5-16,26H,17,31H2,1-4H3,(H2,32,37)(H,33,38)/t26-/m1/s1. The summed E-state index contributed by atoms with van der Waals surface area (Å²) in [6.07, 6.45) is 0. The molecule has 0 radical (unpaired) electrons. The van der Waals surface area contributed by atoms with Gasteiger partial charge in [-0.1, -0.05) is 48.5 Å². The summed E-state index contributed by atoms with van der Waals surface area (Å²) in [6, 6.07) is 21.4. The number of aryl methyl sites for hydroxylation is 2. The number of carbonyl (C=O) groups is 3. The Balaban J connectivity index is 1.86. The maximum Gasteiger partial charge on any atom is 0.273 e. The quantitative estimate of drug-likeness (QED) is 0.283. The third-order valence-electron chi connectivity index (χ3n) is 6.68. The fraction of sp³-hybridized carbons (Fsp3) is 0.200. The van der Waals surface area contributed by atoms with E-state index in [2.05, 4.69) is 9.69 Å². The molecule has 0 saturated carbocycles. The van der Waals surface area contributed by atoms with Crippen LogP contribution in [0.15, 0.2) is 72.8 Å². The number of nitrogen functional groups attached to an aromatic ring is 1. The zero-order valence-corrected chi connectivity index (χ0v) is 23.7. The van der Waals surface area contributed by atoms with E-state index in [0.29, 0.717) is 11.3 Å². The molecule has 4 rings (SSSR count). The van der Waals surface area contributed by atoms with Crippen molar-refractivity contribution >= 4 is 46.3 Å². The van der Waals surface area contributed by atoms with Crippen LogP contribution in [0, 0.1) is 13.8 Å². The Morgan fingerprint density at radius 3 is 2.15 bits per heavy atom. The average molecular weight is 557 g/mol. The second kappa shape index (κ2) is 12.0. The molecular formula is C30H32N6O3S. The van der Waals surface area contributed by atoms with E-state index in [1.165, 1.54) is 4.90 Å². The van der Waals surface area contributed by atoms with E-state index < -0.39 is 17.9 Å². The van der Waals surface area contributed by atoms with Crippen LogP contribution < -0.4 is 26.6 Å². The van der Waals surface area contributed by atoms with E-state index in [0.717, 1.165) is 33.9 Å². The molecule has 3 amide bonds. The molecule has 0 fully saturated rings. The van der Waals surface area contributed by atoms with Crippen LogP contribution in [0.1, 0.15) is 48.5 Å². The van der Waals surface area contributed by atoms with Gasteiger partial charge in [-0.3, -0.25) is 19.3 Å². The molecule has 0 aliphatic heterocycles. The second-order valence-electron chi connectivity index (χ2n) is 9.67. The predicted molar refractivity (Wildman–Crippen MR) is 160 cm³/mol. The summed E-state index contributed by atoms with van der Waals surface area (Å²) in [5.41, 5.74) is 16.2. The number of aromatic nitrogens is 1. The second-order valence-corrected chi connectivity index (χ2v) is 10.4. The number of primary amides is 1. The number of nitrogens with zero attached hydrogens (tertiary/aromatic N) is 3. The highest BCUT2D eigenvalue weighted by molar-refractivity contribution is 7.09. The van der Waals surface area contributed by atoms with Crippen molar-refractivity contribution in [1.29, 1.82) is 0 Å². The summed E-state index contributed by atoms with van der Waals surface area (Å²) >= 11 is 0.778. The zero-order valence-electron chi connectivity index (χ0n) is 22.8. The van der Waals surface area contributed by atoms with E-state index in [9.17, 15) is 14.4 Å². The molecule has 1 heterocycles. The van der Waals surface area contributed by atoms with Crippen molar-refractivity contribution in [3.05, 3.63) is 106 Å². The third-order valence-corrected chi connectivity index (χ3v) is 7.54. The number of anilines is 3. The minimum atomic E-state index is -1.06. The Morgan fingerprint density at radius 1 is 0.925 bits per heavy atom. The largest absolute Gasteiger partial charge is 0.395 e. The highest BCUT2D eigenvalue weighted by atomic mass is 32.1. The maximum atomic E-state index is 14.2. The maximum absolute atomic E-state index is 14.2. The lowest BCUT2D eigenvalue weighted by Gasteiger charge is -2.32. The zero-order chi connectivity index (χ0) is 29.0. The molecule has 206 valence electrons. The van der Waals surface area contributed by atoms with E-state index in [4.69, 9.17) is 11.5 Å². The number of nitrogens with two attached hydrogens (primary N) is 2. The minimum absolute atomic E-state index is 0.0257. The van der Waals surface area contributed by atoms with Crippen molar-refractivity contribution in [2.24, 2.45) is 5.73 Å². The van der Waals surface area contributed by atoms with Gasteiger partial charge >= 0.3 is 0 Å². The number of amides is 3. The van der Waals surface area contributed by atoms with Crippen LogP contribution in [0.5, 0.6) is 0 Å².